The minimum atomic E-state index is -0.0562. The number of nitriles is 1. The second-order valence-corrected chi connectivity index (χ2v) is 7.15. The Morgan fingerprint density at radius 2 is 2.20 bits per heavy atom. The van der Waals surface area contributed by atoms with Gasteiger partial charge in [0.15, 0.2) is 0 Å². The summed E-state index contributed by atoms with van der Waals surface area (Å²) in [6.07, 6.45) is 2.36. The summed E-state index contributed by atoms with van der Waals surface area (Å²) in [4.78, 5) is 15.8. The molecule has 0 aliphatic carbocycles. The van der Waals surface area contributed by atoms with E-state index in [1.54, 1.807) is 35.6 Å². The number of rotatable bonds is 7. The Balaban J connectivity index is 1.59. The van der Waals surface area contributed by atoms with E-state index in [0.29, 0.717) is 17.8 Å². The first-order valence-electron chi connectivity index (χ1n) is 8.39. The van der Waals surface area contributed by atoms with Crippen LogP contribution in [0.1, 0.15) is 23.3 Å². The van der Waals surface area contributed by atoms with Crippen molar-refractivity contribution in [2.75, 3.05) is 25.0 Å². The fourth-order valence-corrected chi connectivity index (χ4v) is 3.66. The first-order chi connectivity index (χ1) is 12.2. The Morgan fingerprint density at radius 3 is 2.84 bits per heavy atom. The highest BCUT2D eigenvalue weighted by Crippen LogP contribution is 2.17. The standard InChI is InChI=1S/C19H21N3O2S/c20-11-15-5-7-16(8-6-15)21-19(23)14-22(12-17-3-1-9-24-17)13-18-4-2-10-25-18/h2,4-8,10,17H,1,3,9,12-14H2,(H,21,23)/t17-/m1/s1. The number of hydrogen-bond donors (Lipinski definition) is 1. The van der Waals surface area contributed by atoms with E-state index in [2.05, 4.69) is 27.7 Å². The molecule has 1 N–H and O–H groups in total. The van der Waals surface area contributed by atoms with E-state index in [-0.39, 0.29) is 12.0 Å². The maximum Gasteiger partial charge on any atom is 0.238 e. The van der Waals surface area contributed by atoms with Crippen LogP contribution in [0.15, 0.2) is 41.8 Å². The van der Waals surface area contributed by atoms with Gasteiger partial charge in [-0.1, -0.05) is 6.07 Å². The highest BCUT2D eigenvalue weighted by Gasteiger charge is 2.21. The van der Waals surface area contributed by atoms with E-state index in [4.69, 9.17) is 10.00 Å². The molecule has 1 aliphatic heterocycles. The molecule has 1 fully saturated rings. The minimum absolute atomic E-state index is 0.0562. The average molecular weight is 355 g/mol. The summed E-state index contributed by atoms with van der Waals surface area (Å²) in [6, 6.07) is 13.1. The van der Waals surface area contributed by atoms with E-state index >= 15 is 0 Å². The molecule has 1 aromatic heterocycles. The number of hydrogen-bond acceptors (Lipinski definition) is 5. The monoisotopic (exact) mass is 355 g/mol. The SMILES string of the molecule is N#Cc1ccc(NC(=O)CN(Cc2cccs2)C[C@H]2CCCO2)cc1. The van der Waals surface area contributed by atoms with Crippen molar-refractivity contribution < 1.29 is 9.53 Å². The topological polar surface area (TPSA) is 65.4 Å². The highest BCUT2D eigenvalue weighted by atomic mass is 32.1. The lowest BCUT2D eigenvalue weighted by atomic mass is 10.2. The second-order valence-electron chi connectivity index (χ2n) is 6.12. The lowest BCUT2D eigenvalue weighted by Gasteiger charge is -2.24. The molecule has 1 atom stereocenters. The van der Waals surface area contributed by atoms with E-state index in [0.717, 1.165) is 32.5 Å². The third kappa shape index (κ3) is 5.40. The smallest absolute Gasteiger partial charge is 0.238 e. The van der Waals surface area contributed by atoms with Crippen molar-refractivity contribution in [2.24, 2.45) is 0 Å². The van der Waals surface area contributed by atoms with Gasteiger partial charge >= 0.3 is 0 Å². The van der Waals surface area contributed by atoms with Crippen molar-refractivity contribution in [2.45, 2.75) is 25.5 Å². The first kappa shape index (κ1) is 17.6. The number of ether oxygens (including phenoxy) is 1. The molecule has 1 amide bonds. The van der Waals surface area contributed by atoms with Gasteiger partial charge < -0.3 is 10.1 Å². The summed E-state index contributed by atoms with van der Waals surface area (Å²) in [5.74, 6) is -0.0562. The molecule has 2 aromatic rings. The van der Waals surface area contributed by atoms with Gasteiger partial charge in [-0.25, -0.2) is 0 Å². The van der Waals surface area contributed by atoms with Gasteiger partial charge in [-0.05, 0) is 48.6 Å². The largest absolute Gasteiger partial charge is 0.377 e. The summed E-state index contributed by atoms with van der Waals surface area (Å²) in [5, 5.41) is 13.8. The molecule has 2 heterocycles. The number of amides is 1. The quantitative estimate of drug-likeness (QED) is 0.828. The Bertz CT molecular complexity index is 716. The van der Waals surface area contributed by atoms with Gasteiger partial charge in [0, 0.05) is 30.3 Å². The molecule has 0 spiro atoms. The number of nitrogens with one attached hydrogen (secondary N) is 1. The van der Waals surface area contributed by atoms with Crippen LogP contribution in [0.4, 0.5) is 5.69 Å². The fourth-order valence-electron chi connectivity index (χ4n) is 2.92. The predicted molar refractivity (Wildman–Crippen MR) is 98.4 cm³/mol. The van der Waals surface area contributed by atoms with Crippen LogP contribution >= 0.6 is 11.3 Å². The molecule has 1 aromatic carbocycles. The summed E-state index contributed by atoms with van der Waals surface area (Å²) in [7, 11) is 0. The highest BCUT2D eigenvalue weighted by molar-refractivity contribution is 7.09. The first-order valence-corrected chi connectivity index (χ1v) is 9.27. The van der Waals surface area contributed by atoms with Crippen LogP contribution in [0, 0.1) is 11.3 Å². The molecule has 0 unspecified atom stereocenters. The molecule has 1 aliphatic rings. The lowest BCUT2D eigenvalue weighted by Crippen LogP contribution is -2.37. The van der Waals surface area contributed by atoms with Crippen LogP contribution < -0.4 is 5.32 Å². The van der Waals surface area contributed by atoms with Gasteiger partial charge in [-0.3, -0.25) is 9.69 Å². The summed E-state index contributed by atoms with van der Waals surface area (Å²) in [5.41, 5.74) is 1.29. The van der Waals surface area contributed by atoms with Crippen molar-refractivity contribution >= 4 is 22.9 Å². The lowest BCUT2D eigenvalue weighted by molar-refractivity contribution is -0.117. The summed E-state index contributed by atoms with van der Waals surface area (Å²) in [6.45, 7) is 2.64. The van der Waals surface area contributed by atoms with Crippen LogP contribution in [0.5, 0.6) is 0 Å². The molecule has 5 nitrogen and oxygen atoms in total. The summed E-state index contributed by atoms with van der Waals surface area (Å²) < 4.78 is 5.73. The molecule has 3 rings (SSSR count). The zero-order chi connectivity index (χ0) is 17.5. The Kier molecular flexibility index (Phi) is 6.18. The van der Waals surface area contributed by atoms with Crippen molar-refractivity contribution in [1.82, 2.24) is 4.90 Å². The third-order valence-corrected chi connectivity index (χ3v) is 4.97. The average Bonchev–Trinajstić information content (AvgIpc) is 3.29. The maximum absolute atomic E-state index is 12.4. The Labute approximate surface area is 151 Å². The summed E-state index contributed by atoms with van der Waals surface area (Å²) >= 11 is 1.70. The number of carbonyl (C=O) groups is 1. The molecule has 0 radical (unpaired) electrons. The van der Waals surface area contributed by atoms with Crippen LogP contribution in [0.2, 0.25) is 0 Å². The molecule has 0 saturated carbocycles. The minimum Gasteiger partial charge on any atom is -0.377 e. The fraction of sp³-hybridized carbons (Fsp3) is 0.368. The number of benzene rings is 1. The second kappa shape index (κ2) is 8.77. The van der Waals surface area contributed by atoms with E-state index in [9.17, 15) is 4.79 Å². The zero-order valence-electron chi connectivity index (χ0n) is 14.0. The number of carbonyl (C=O) groups excluding carboxylic acids is 1. The Hall–Kier alpha value is -2.20. The van der Waals surface area contributed by atoms with Crippen LogP contribution in [0.25, 0.3) is 0 Å². The van der Waals surface area contributed by atoms with Crippen molar-refractivity contribution in [3.05, 3.63) is 52.2 Å². The van der Waals surface area contributed by atoms with Crippen molar-refractivity contribution in [1.29, 1.82) is 5.26 Å². The van der Waals surface area contributed by atoms with E-state index in [1.165, 1.54) is 4.88 Å². The third-order valence-electron chi connectivity index (χ3n) is 4.11. The number of thiophene rings is 1. The predicted octanol–water partition coefficient (Wildman–Crippen LogP) is 3.24. The Morgan fingerprint density at radius 1 is 1.36 bits per heavy atom. The molecule has 1 saturated heterocycles. The van der Waals surface area contributed by atoms with E-state index < -0.39 is 0 Å². The molecular formula is C19H21N3O2S. The van der Waals surface area contributed by atoms with Gasteiger partial charge in [0.2, 0.25) is 5.91 Å². The molecular weight excluding hydrogens is 334 g/mol. The van der Waals surface area contributed by atoms with Crippen molar-refractivity contribution in [3.8, 4) is 6.07 Å². The molecule has 6 heteroatoms. The van der Waals surface area contributed by atoms with Crippen molar-refractivity contribution in [3.63, 3.8) is 0 Å². The molecule has 25 heavy (non-hydrogen) atoms. The van der Waals surface area contributed by atoms with Gasteiger partial charge in [0.1, 0.15) is 0 Å². The van der Waals surface area contributed by atoms with Crippen LogP contribution in [0.3, 0.4) is 0 Å². The van der Waals surface area contributed by atoms with E-state index in [1.807, 2.05) is 6.07 Å². The van der Waals surface area contributed by atoms with Gasteiger partial charge in [0.05, 0.1) is 24.3 Å². The number of nitrogens with zero attached hydrogens (tertiary/aromatic N) is 2. The number of anilines is 1. The maximum atomic E-state index is 12.4. The molecule has 130 valence electrons. The van der Waals surface area contributed by atoms with Crippen LogP contribution in [-0.4, -0.2) is 36.6 Å². The normalized spacial score (nSPS) is 16.7. The van der Waals surface area contributed by atoms with Crippen LogP contribution in [-0.2, 0) is 16.1 Å². The zero-order valence-corrected chi connectivity index (χ0v) is 14.8. The van der Waals surface area contributed by atoms with Gasteiger partial charge in [-0.2, -0.15) is 5.26 Å². The van der Waals surface area contributed by atoms with Gasteiger partial charge in [-0.15, -0.1) is 11.3 Å². The van der Waals surface area contributed by atoms with Gasteiger partial charge in [0.25, 0.3) is 0 Å². The molecule has 0 bridgehead atoms.